The van der Waals surface area contributed by atoms with Gasteiger partial charge in [-0.25, -0.2) is 0 Å². The van der Waals surface area contributed by atoms with Gasteiger partial charge in [-0.2, -0.15) is 4.98 Å². The van der Waals surface area contributed by atoms with Crippen molar-refractivity contribution in [1.29, 1.82) is 0 Å². The van der Waals surface area contributed by atoms with Gasteiger partial charge in [0, 0.05) is 27.6 Å². The summed E-state index contributed by atoms with van der Waals surface area (Å²) in [6, 6.07) is 24.0. The van der Waals surface area contributed by atoms with Crippen molar-refractivity contribution >= 4 is 23.2 Å². The van der Waals surface area contributed by atoms with Crippen LogP contribution in [0.25, 0.3) is 11.4 Å². The van der Waals surface area contributed by atoms with Crippen molar-refractivity contribution in [3.8, 4) is 17.1 Å². The molecule has 35 heavy (non-hydrogen) atoms. The Morgan fingerprint density at radius 3 is 2.40 bits per heavy atom. The molecule has 1 heterocycles. The lowest BCUT2D eigenvalue weighted by molar-refractivity contribution is 0.261. The summed E-state index contributed by atoms with van der Waals surface area (Å²) in [4.78, 5) is 4.68. The Morgan fingerprint density at radius 1 is 0.886 bits per heavy atom. The molecule has 0 atom stereocenters. The van der Waals surface area contributed by atoms with E-state index in [0.717, 1.165) is 29.7 Å². The minimum Gasteiger partial charge on any atom is -0.489 e. The Hall–Kier alpha value is -2.82. The van der Waals surface area contributed by atoms with Gasteiger partial charge in [0.1, 0.15) is 12.4 Å². The highest BCUT2D eigenvalue weighted by atomic mass is 35.5. The molecule has 0 N–H and O–H groups in total. The molecule has 4 nitrogen and oxygen atoms in total. The average molecular weight is 507 g/mol. The summed E-state index contributed by atoms with van der Waals surface area (Å²) in [5.41, 5.74) is 3.43. The summed E-state index contributed by atoms with van der Waals surface area (Å²) in [7, 11) is 0. The van der Waals surface area contributed by atoms with Crippen LogP contribution >= 0.6 is 23.2 Å². The van der Waals surface area contributed by atoms with Crippen molar-refractivity contribution in [2.24, 2.45) is 0 Å². The predicted molar refractivity (Wildman–Crippen MR) is 140 cm³/mol. The van der Waals surface area contributed by atoms with E-state index >= 15 is 0 Å². The van der Waals surface area contributed by atoms with Crippen LogP contribution in [0.4, 0.5) is 0 Å². The first-order valence-corrected chi connectivity index (χ1v) is 12.9. The van der Waals surface area contributed by atoms with Crippen molar-refractivity contribution in [3.05, 3.63) is 99.9 Å². The maximum atomic E-state index is 6.23. The average Bonchev–Trinajstić information content (AvgIpc) is 3.38. The quantitative estimate of drug-likeness (QED) is 0.240. The van der Waals surface area contributed by atoms with E-state index in [1.54, 1.807) is 12.1 Å². The SMILES string of the molecule is Clc1ccc(COc2ccc(-c3noc(CCC4(c5ccccc5)CCCCC4)n3)cc2)c(Cl)c1. The minimum atomic E-state index is 0.208. The molecule has 6 heteroatoms. The Balaban J connectivity index is 1.22. The van der Waals surface area contributed by atoms with E-state index in [0.29, 0.717) is 28.4 Å². The topological polar surface area (TPSA) is 48.2 Å². The fraction of sp³-hybridized carbons (Fsp3) is 0.310. The van der Waals surface area contributed by atoms with Crippen molar-refractivity contribution in [3.63, 3.8) is 0 Å². The van der Waals surface area contributed by atoms with E-state index in [1.165, 1.54) is 37.7 Å². The molecule has 1 fully saturated rings. The molecule has 1 aliphatic rings. The normalized spacial score (nSPS) is 15.1. The van der Waals surface area contributed by atoms with Gasteiger partial charge in [-0.05, 0) is 66.6 Å². The van der Waals surface area contributed by atoms with Gasteiger partial charge in [0.15, 0.2) is 0 Å². The third kappa shape index (κ3) is 5.71. The molecule has 0 radical (unpaired) electrons. The highest BCUT2D eigenvalue weighted by Gasteiger charge is 2.33. The van der Waals surface area contributed by atoms with Crippen LogP contribution in [0.15, 0.2) is 77.3 Å². The number of aromatic nitrogens is 2. The maximum Gasteiger partial charge on any atom is 0.226 e. The molecule has 0 bridgehead atoms. The number of hydrogen-bond acceptors (Lipinski definition) is 4. The first-order valence-electron chi connectivity index (χ1n) is 12.2. The van der Waals surface area contributed by atoms with Crippen LogP contribution in [0.1, 0.15) is 55.5 Å². The Kier molecular flexibility index (Phi) is 7.40. The van der Waals surface area contributed by atoms with Gasteiger partial charge in [-0.15, -0.1) is 0 Å². The summed E-state index contributed by atoms with van der Waals surface area (Å²) in [6.07, 6.45) is 8.14. The van der Waals surface area contributed by atoms with E-state index in [9.17, 15) is 0 Å². The Labute approximate surface area is 216 Å². The second-order valence-corrected chi connectivity index (χ2v) is 10.1. The highest BCUT2D eigenvalue weighted by Crippen LogP contribution is 2.43. The summed E-state index contributed by atoms with van der Waals surface area (Å²) < 4.78 is 11.5. The lowest BCUT2D eigenvalue weighted by Crippen LogP contribution is -2.29. The van der Waals surface area contributed by atoms with E-state index < -0.39 is 0 Å². The maximum absolute atomic E-state index is 6.23. The Morgan fingerprint density at radius 2 is 1.66 bits per heavy atom. The molecular weight excluding hydrogens is 479 g/mol. The molecule has 1 aliphatic carbocycles. The van der Waals surface area contributed by atoms with E-state index in [2.05, 4.69) is 40.5 Å². The molecule has 3 aromatic carbocycles. The summed E-state index contributed by atoms with van der Waals surface area (Å²) in [6.45, 7) is 0.366. The van der Waals surface area contributed by atoms with Gasteiger partial charge in [-0.1, -0.05) is 84.0 Å². The van der Waals surface area contributed by atoms with Crippen LogP contribution in [-0.4, -0.2) is 10.1 Å². The highest BCUT2D eigenvalue weighted by molar-refractivity contribution is 6.35. The van der Waals surface area contributed by atoms with Crippen LogP contribution in [-0.2, 0) is 18.4 Å². The van der Waals surface area contributed by atoms with Crippen LogP contribution in [0, 0.1) is 0 Å². The first kappa shape index (κ1) is 23.9. The number of aryl methyl sites for hydroxylation is 1. The monoisotopic (exact) mass is 506 g/mol. The third-order valence-electron chi connectivity index (χ3n) is 7.00. The molecule has 0 amide bonds. The van der Waals surface area contributed by atoms with Gasteiger partial charge in [-0.3, -0.25) is 0 Å². The molecule has 0 spiro atoms. The summed E-state index contributed by atoms with van der Waals surface area (Å²) in [5, 5.41) is 5.43. The number of benzene rings is 3. The standard InChI is InChI=1S/C29H28Cl2N2O2/c30-24-12-9-22(26(31)19-24)20-34-25-13-10-21(11-14-25)28-32-27(35-33-28)15-18-29(16-5-2-6-17-29)23-7-3-1-4-8-23/h1,3-4,7-14,19H,2,5-6,15-18,20H2. The lowest BCUT2D eigenvalue weighted by atomic mass is 9.67. The van der Waals surface area contributed by atoms with E-state index in [1.807, 2.05) is 30.3 Å². The van der Waals surface area contributed by atoms with Crippen LogP contribution in [0.2, 0.25) is 10.0 Å². The van der Waals surface area contributed by atoms with E-state index in [4.69, 9.17) is 32.5 Å². The van der Waals surface area contributed by atoms with Crippen LogP contribution in [0.3, 0.4) is 0 Å². The fourth-order valence-electron chi connectivity index (χ4n) is 5.02. The number of hydrogen-bond donors (Lipinski definition) is 0. The number of rotatable bonds is 8. The zero-order chi connectivity index (χ0) is 24.1. The number of nitrogens with zero attached hydrogens (tertiary/aromatic N) is 2. The smallest absolute Gasteiger partial charge is 0.226 e. The lowest BCUT2D eigenvalue weighted by Gasteiger charge is -2.38. The van der Waals surface area contributed by atoms with Crippen molar-refractivity contribution in [1.82, 2.24) is 10.1 Å². The zero-order valence-electron chi connectivity index (χ0n) is 19.6. The molecule has 1 aromatic heterocycles. The molecule has 4 aromatic rings. The second-order valence-electron chi connectivity index (χ2n) is 9.27. The molecule has 0 aliphatic heterocycles. The van der Waals surface area contributed by atoms with Crippen LogP contribution in [0.5, 0.6) is 5.75 Å². The van der Waals surface area contributed by atoms with Gasteiger partial charge < -0.3 is 9.26 Å². The Bertz CT molecular complexity index is 1250. The third-order valence-corrected chi connectivity index (χ3v) is 7.59. The molecular formula is C29H28Cl2N2O2. The summed E-state index contributed by atoms with van der Waals surface area (Å²) >= 11 is 12.2. The number of ether oxygens (including phenoxy) is 1. The first-order chi connectivity index (χ1) is 17.1. The van der Waals surface area contributed by atoms with Crippen molar-refractivity contribution < 1.29 is 9.26 Å². The van der Waals surface area contributed by atoms with E-state index in [-0.39, 0.29) is 5.41 Å². The van der Waals surface area contributed by atoms with Gasteiger partial charge in [0.05, 0.1) is 0 Å². The van der Waals surface area contributed by atoms with Gasteiger partial charge in [0.25, 0.3) is 0 Å². The molecule has 5 rings (SSSR count). The van der Waals surface area contributed by atoms with Crippen molar-refractivity contribution in [2.75, 3.05) is 0 Å². The molecule has 0 unspecified atom stereocenters. The van der Waals surface area contributed by atoms with Gasteiger partial charge in [0.2, 0.25) is 11.7 Å². The summed E-state index contributed by atoms with van der Waals surface area (Å²) in [5.74, 6) is 2.04. The van der Waals surface area contributed by atoms with Crippen molar-refractivity contribution in [2.45, 2.75) is 57.0 Å². The predicted octanol–water partition coefficient (Wildman–Crippen LogP) is 8.46. The molecule has 0 saturated heterocycles. The minimum absolute atomic E-state index is 0.208. The molecule has 180 valence electrons. The van der Waals surface area contributed by atoms with Crippen LogP contribution < -0.4 is 4.74 Å². The zero-order valence-corrected chi connectivity index (χ0v) is 21.1. The molecule has 1 saturated carbocycles. The second kappa shape index (κ2) is 10.8. The largest absolute Gasteiger partial charge is 0.489 e. The van der Waals surface area contributed by atoms with Gasteiger partial charge >= 0.3 is 0 Å². The number of halogens is 2. The fourth-order valence-corrected chi connectivity index (χ4v) is 5.49.